The number of nitrogens with zero attached hydrogens (tertiary/aromatic N) is 1. The van der Waals surface area contributed by atoms with Gasteiger partial charge in [0.05, 0.1) is 0 Å². The van der Waals surface area contributed by atoms with Crippen LogP contribution < -0.4 is 4.74 Å². The third-order valence-electron chi connectivity index (χ3n) is 4.24. The Morgan fingerprint density at radius 2 is 1.69 bits per heavy atom. The van der Waals surface area contributed by atoms with E-state index >= 15 is 0 Å². The monoisotopic (exact) mass is 385 g/mol. The Morgan fingerprint density at radius 1 is 1.04 bits per heavy atom. The largest absolute Gasteiger partial charge is 0.484 e. The highest BCUT2D eigenvalue weighted by molar-refractivity contribution is 7.89. The summed E-state index contributed by atoms with van der Waals surface area (Å²) in [6, 6.07) is 15.1. The van der Waals surface area contributed by atoms with Gasteiger partial charge in [-0.1, -0.05) is 48.5 Å². The van der Waals surface area contributed by atoms with Crippen LogP contribution in [0.25, 0.3) is 0 Å². The predicted molar refractivity (Wildman–Crippen MR) is 91.1 cm³/mol. The van der Waals surface area contributed by atoms with E-state index in [4.69, 9.17) is 4.74 Å². The molecule has 1 fully saturated rings. The molecule has 1 aliphatic heterocycles. The Hall–Kier alpha value is -2.06. The van der Waals surface area contributed by atoms with Crippen molar-refractivity contribution in [2.75, 3.05) is 13.2 Å². The molecule has 4 nitrogen and oxygen atoms in total. The zero-order chi connectivity index (χ0) is 18.8. The van der Waals surface area contributed by atoms with Crippen LogP contribution in [0.5, 0.6) is 5.75 Å². The minimum absolute atomic E-state index is 0.0142. The van der Waals surface area contributed by atoms with E-state index in [1.54, 1.807) is 42.5 Å². The van der Waals surface area contributed by atoms with Crippen LogP contribution in [0.3, 0.4) is 0 Å². The summed E-state index contributed by atoms with van der Waals surface area (Å²) in [4.78, 5) is 0. The molecule has 1 heterocycles. The highest BCUT2D eigenvalue weighted by Crippen LogP contribution is 2.37. The van der Waals surface area contributed by atoms with E-state index in [2.05, 4.69) is 0 Å². The first kappa shape index (κ1) is 18.7. The van der Waals surface area contributed by atoms with Gasteiger partial charge in [0, 0.05) is 18.7 Å². The Balaban J connectivity index is 1.78. The molecule has 1 aliphatic rings. The van der Waals surface area contributed by atoms with Gasteiger partial charge in [-0.15, -0.1) is 0 Å². The molecular formula is C18H18F3NO3S. The molecule has 0 spiro atoms. The molecular weight excluding hydrogens is 367 g/mol. The van der Waals surface area contributed by atoms with Crippen LogP contribution in [-0.4, -0.2) is 32.1 Å². The number of ether oxygens (including phenoxy) is 1. The second-order valence-corrected chi connectivity index (χ2v) is 8.19. The van der Waals surface area contributed by atoms with Crippen LogP contribution in [0.4, 0.5) is 13.2 Å². The summed E-state index contributed by atoms with van der Waals surface area (Å²) in [6.07, 6.45) is -4.01. The van der Waals surface area contributed by atoms with E-state index < -0.39 is 28.1 Å². The number of benzene rings is 2. The smallest absolute Gasteiger partial charge is 0.422 e. The molecule has 1 unspecified atom stereocenters. The van der Waals surface area contributed by atoms with E-state index in [-0.39, 0.29) is 12.3 Å². The van der Waals surface area contributed by atoms with Crippen molar-refractivity contribution in [3.8, 4) is 5.75 Å². The molecule has 0 radical (unpaired) electrons. The molecule has 26 heavy (non-hydrogen) atoms. The average molecular weight is 385 g/mol. The van der Waals surface area contributed by atoms with E-state index in [1.807, 2.05) is 6.07 Å². The first-order valence-electron chi connectivity index (χ1n) is 8.09. The zero-order valence-corrected chi connectivity index (χ0v) is 14.6. The minimum atomic E-state index is -4.45. The lowest BCUT2D eigenvalue weighted by atomic mass is 10.1. The number of sulfonamides is 1. The molecule has 0 aliphatic carbocycles. The molecule has 0 N–H and O–H groups in total. The van der Waals surface area contributed by atoms with Gasteiger partial charge < -0.3 is 4.74 Å². The Bertz CT molecular complexity index is 853. The summed E-state index contributed by atoms with van der Waals surface area (Å²) in [7, 11) is -3.58. The van der Waals surface area contributed by atoms with Crippen molar-refractivity contribution >= 4 is 10.0 Å². The Kier molecular flexibility index (Phi) is 5.24. The summed E-state index contributed by atoms with van der Waals surface area (Å²) < 4.78 is 69.0. The summed E-state index contributed by atoms with van der Waals surface area (Å²) in [5.74, 6) is 0.0446. The van der Waals surface area contributed by atoms with Crippen LogP contribution in [0.15, 0.2) is 54.6 Å². The van der Waals surface area contributed by atoms with E-state index in [0.29, 0.717) is 18.5 Å². The van der Waals surface area contributed by atoms with Crippen LogP contribution in [-0.2, 0) is 16.6 Å². The molecule has 2 aromatic rings. The van der Waals surface area contributed by atoms with Crippen LogP contribution in [0.1, 0.15) is 22.8 Å². The summed E-state index contributed by atoms with van der Waals surface area (Å²) in [5.41, 5.74) is 1.13. The first-order chi connectivity index (χ1) is 12.3. The molecule has 3 rings (SSSR count). The molecule has 8 heteroatoms. The van der Waals surface area contributed by atoms with Gasteiger partial charge in [0.25, 0.3) is 0 Å². The Morgan fingerprint density at radius 3 is 2.38 bits per heavy atom. The molecule has 0 saturated carbocycles. The number of halogens is 3. The number of para-hydroxylation sites is 1. The highest BCUT2D eigenvalue weighted by Gasteiger charge is 2.40. The quantitative estimate of drug-likeness (QED) is 0.784. The first-order valence-corrected chi connectivity index (χ1v) is 9.59. The van der Waals surface area contributed by atoms with Gasteiger partial charge in [0.1, 0.15) is 11.0 Å². The SMILES string of the molecule is O=S1(=O)C(c2ccccc2)CCN1Cc1ccccc1OCC(F)(F)F. The molecule has 1 atom stereocenters. The fraction of sp³-hybridized carbons (Fsp3) is 0.333. The number of hydrogen-bond donors (Lipinski definition) is 0. The summed E-state index contributed by atoms with van der Waals surface area (Å²) >= 11 is 0. The highest BCUT2D eigenvalue weighted by atomic mass is 32.2. The van der Waals surface area contributed by atoms with E-state index in [9.17, 15) is 21.6 Å². The van der Waals surface area contributed by atoms with Crippen molar-refractivity contribution in [3.05, 3.63) is 65.7 Å². The second kappa shape index (κ2) is 7.28. The predicted octanol–water partition coefficient (Wildman–Crippen LogP) is 3.90. The van der Waals surface area contributed by atoms with Crippen molar-refractivity contribution < 1.29 is 26.3 Å². The topological polar surface area (TPSA) is 46.6 Å². The van der Waals surface area contributed by atoms with Gasteiger partial charge in [-0.25, -0.2) is 8.42 Å². The van der Waals surface area contributed by atoms with Crippen molar-refractivity contribution in [3.63, 3.8) is 0 Å². The lowest BCUT2D eigenvalue weighted by Gasteiger charge is -2.19. The van der Waals surface area contributed by atoms with Crippen LogP contribution >= 0.6 is 0 Å². The van der Waals surface area contributed by atoms with Crippen molar-refractivity contribution in [1.29, 1.82) is 0 Å². The standard InChI is InChI=1S/C18H18F3NO3S/c19-18(20,21)13-25-16-9-5-4-8-15(16)12-22-11-10-17(26(22,23)24)14-6-2-1-3-7-14/h1-9,17H,10-13H2. The lowest BCUT2D eigenvalue weighted by molar-refractivity contribution is -0.153. The van der Waals surface area contributed by atoms with Crippen LogP contribution in [0.2, 0.25) is 0 Å². The molecule has 1 saturated heterocycles. The number of rotatable bonds is 5. The third kappa shape index (κ3) is 4.19. The van der Waals surface area contributed by atoms with Gasteiger partial charge in [-0.2, -0.15) is 17.5 Å². The zero-order valence-electron chi connectivity index (χ0n) is 13.8. The maximum absolute atomic E-state index is 12.8. The maximum Gasteiger partial charge on any atom is 0.422 e. The number of hydrogen-bond acceptors (Lipinski definition) is 3. The van der Waals surface area contributed by atoms with E-state index in [0.717, 1.165) is 5.56 Å². The van der Waals surface area contributed by atoms with Gasteiger partial charge in [-0.05, 0) is 18.1 Å². The summed E-state index contributed by atoms with van der Waals surface area (Å²) in [5, 5.41) is -0.632. The third-order valence-corrected chi connectivity index (χ3v) is 6.50. The van der Waals surface area contributed by atoms with Crippen molar-refractivity contribution in [2.45, 2.75) is 24.4 Å². The Labute approximate surface area is 150 Å². The molecule has 140 valence electrons. The molecule has 2 aromatic carbocycles. The summed E-state index contributed by atoms with van der Waals surface area (Å²) in [6.45, 7) is -1.11. The van der Waals surface area contributed by atoms with Gasteiger partial charge in [-0.3, -0.25) is 0 Å². The average Bonchev–Trinajstić information content (AvgIpc) is 2.88. The van der Waals surface area contributed by atoms with Crippen LogP contribution in [0, 0.1) is 0 Å². The van der Waals surface area contributed by atoms with Crippen molar-refractivity contribution in [2.24, 2.45) is 0 Å². The molecule has 0 amide bonds. The van der Waals surface area contributed by atoms with E-state index in [1.165, 1.54) is 10.4 Å². The maximum atomic E-state index is 12.8. The molecule has 0 bridgehead atoms. The van der Waals surface area contributed by atoms with Crippen molar-refractivity contribution in [1.82, 2.24) is 4.31 Å². The van der Waals surface area contributed by atoms with Gasteiger partial charge in [0.15, 0.2) is 6.61 Å². The molecule has 0 aromatic heterocycles. The fourth-order valence-corrected chi connectivity index (χ4v) is 4.96. The number of alkyl halides is 3. The minimum Gasteiger partial charge on any atom is -0.484 e. The van der Waals surface area contributed by atoms with Gasteiger partial charge in [0.2, 0.25) is 10.0 Å². The van der Waals surface area contributed by atoms with Gasteiger partial charge >= 0.3 is 6.18 Å². The normalized spacial score (nSPS) is 20.2. The fourth-order valence-electron chi connectivity index (χ4n) is 3.02. The lowest BCUT2D eigenvalue weighted by Crippen LogP contribution is -2.27. The second-order valence-electron chi connectivity index (χ2n) is 6.08.